The van der Waals surface area contributed by atoms with E-state index < -0.39 is 44.6 Å². The van der Waals surface area contributed by atoms with Crippen molar-refractivity contribution >= 4 is 28.2 Å². The number of halogens is 3. The maximum atomic E-state index is 13.5. The molecule has 5 nitrogen and oxygen atoms in total. The fourth-order valence-electron chi connectivity index (χ4n) is 1.40. The van der Waals surface area contributed by atoms with E-state index in [1.807, 2.05) is 4.98 Å². The van der Waals surface area contributed by atoms with Crippen molar-refractivity contribution in [2.45, 2.75) is 0 Å². The maximum Gasteiger partial charge on any atom is 0.281 e. The van der Waals surface area contributed by atoms with E-state index in [2.05, 4.69) is 5.18 Å². The molecule has 0 saturated heterocycles. The molecule has 88 valence electrons. The van der Waals surface area contributed by atoms with E-state index in [1.165, 1.54) is 0 Å². The van der Waals surface area contributed by atoms with Gasteiger partial charge in [-0.25, -0.2) is 8.78 Å². The molecule has 0 aliphatic heterocycles. The molecule has 1 aromatic carbocycles. The minimum absolute atomic E-state index is 0.390. The smallest absolute Gasteiger partial charge is 0.281 e. The standard InChI is InChI=1S/C9H3ClF2N2O3/c10-4-3(11)1-2-6(5(4)12)13-9(16)7(14-17)8(2)15/h1H,(H2,13,15,16). The van der Waals surface area contributed by atoms with Gasteiger partial charge in [-0.15, -0.1) is 4.91 Å². The second kappa shape index (κ2) is 3.77. The van der Waals surface area contributed by atoms with Gasteiger partial charge in [0.2, 0.25) is 5.69 Å². The summed E-state index contributed by atoms with van der Waals surface area (Å²) in [6, 6.07) is 0.695. The first-order valence-electron chi connectivity index (χ1n) is 4.23. The number of benzene rings is 1. The van der Waals surface area contributed by atoms with Crippen LogP contribution in [-0.4, -0.2) is 10.1 Å². The molecule has 8 heteroatoms. The van der Waals surface area contributed by atoms with Crippen LogP contribution < -0.4 is 5.56 Å². The highest BCUT2D eigenvalue weighted by Gasteiger charge is 2.19. The summed E-state index contributed by atoms with van der Waals surface area (Å²) in [5.74, 6) is -3.25. The zero-order valence-electron chi connectivity index (χ0n) is 7.92. The number of nitroso groups, excluding NO2 is 1. The molecule has 2 aromatic rings. The van der Waals surface area contributed by atoms with Gasteiger partial charge < -0.3 is 10.1 Å². The molecule has 17 heavy (non-hydrogen) atoms. The molecule has 0 saturated carbocycles. The van der Waals surface area contributed by atoms with Crippen molar-refractivity contribution in [1.29, 1.82) is 0 Å². The van der Waals surface area contributed by atoms with E-state index in [1.54, 1.807) is 0 Å². The van der Waals surface area contributed by atoms with Crippen LogP contribution in [0.25, 0.3) is 10.9 Å². The fourth-order valence-corrected chi connectivity index (χ4v) is 1.55. The van der Waals surface area contributed by atoms with Crippen molar-refractivity contribution in [2.75, 3.05) is 0 Å². The predicted octanol–water partition coefficient (Wildman–Crippen LogP) is 2.56. The first-order valence-corrected chi connectivity index (χ1v) is 4.61. The lowest BCUT2D eigenvalue weighted by Crippen LogP contribution is -2.07. The molecule has 0 unspecified atom stereocenters. The number of aromatic amines is 1. The molecule has 1 aromatic heterocycles. The number of nitrogens with one attached hydrogen (secondary N) is 1. The van der Waals surface area contributed by atoms with Gasteiger partial charge >= 0.3 is 0 Å². The van der Waals surface area contributed by atoms with Crippen LogP contribution in [0.3, 0.4) is 0 Å². The fraction of sp³-hybridized carbons (Fsp3) is 0. The number of rotatable bonds is 1. The largest absolute Gasteiger partial charge is 0.505 e. The molecular weight excluding hydrogens is 258 g/mol. The van der Waals surface area contributed by atoms with Crippen molar-refractivity contribution in [1.82, 2.24) is 4.98 Å². The van der Waals surface area contributed by atoms with E-state index in [0.717, 1.165) is 0 Å². The highest BCUT2D eigenvalue weighted by Crippen LogP contribution is 2.34. The molecule has 0 bridgehead atoms. The lowest BCUT2D eigenvalue weighted by Gasteiger charge is -2.05. The molecule has 0 spiro atoms. The van der Waals surface area contributed by atoms with Gasteiger partial charge in [0.25, 0.3) is 5.56 Å². The van der Waals surface area contributed by atoms with Gasteiger partial charge in [-0.05, 0) is 11.2 Å². The Bertz CT molecular complexity index is 699. The molecule has 1 heterocycles. The molecular formula is C9H3ClF2N2O3. The van der Waals surface area contributed by atoms with Crippen molar-refractivity contribution < 1.29 is 13.9 Å². The Kier molecular flexibility index (Phi) is 2.55. The van der Waals surface area contributed by atoms with Gasteiger partial charge in [-0.1, -0.05) is 11.6 Å². The molecule has 0 amide bonds. The summed E-state index contributed by atoms with van der Waals surface area (Å²) in [7, 11) is 0. The highest BCUT2D eigenvalue weighted by atomic mass is 35.5. The maximum absolute atomic E-state index is 13.5. The monoisotopic (exact) mass is 260 g/mol. The zero-order chi connectivity index (χ0) is 12.7. The van der Waals surface area contributed by atoms with Gasteiger partial charge in [0.05, 0.1) is 5.52 Å². The van der Waals surface area contributed by atoms with Crippen molar-refractivity contribution in [3.05, 3.63) is 38.0 Å². The summed E-state index contributed by atoms with van der Waals surface area (Å²) in [4.78, 5) is 23.5. The summed E-state index contributed by atoms with van der Waals surface area (Å²) in [6.07, 6.45) is 0. The third-order valence-electron chi connectivity index (χ3n) is 2.19. The SMILES string of the molecule is O=Nc1c(O)c2cc(F)c(Cl)c(F)c2[nH]c1=O. The van der Waals surface area contributed by atoms with Crippen LogP contribution in [0, 0.1) is 16.5 Å². The zero-order valence-corrected chi connectivity index (χ0v) is 8.68. The van der Waals surface area contributed by atoms with Crippen LogP contribution >= 0.6 is 11.6 Å². The second-order valence-corrected chi connectivity index (χ2v) is 3.53. The first kappa shape index (κ1) is 11.5. The Morgan fingerprint density at radius 2 is 2.06 bits per heavy atom. The van der Waals surface area contributed by atoms with Gasteiger partial charge in [-0.3, -0.25) is 4.79 Å². The molecule has 0 radical (unpaired) electrons. The quantitative estimate of drug-likeness (QED) is 0.610. The van der Waals surface area contributed by atoms with Crippen LogP contribution in [-0.2, 0) is 0 Å². The Balaban J connectivity index is 3.08. The van der Waals surface area contributed by atoms with Crippen LogP contribution in [0.1, 0.15) is 0 Å². The second-order valence-electron chi connectivity index (χ2n) is 3.15. The average molecular weight is 261 g/mol. The van der Waals surface area contributed by atoms with Crippen LogP contribution in [0.2, 0.25) is 5.02 Å². The molecule has 0 aliphatic rings. The average Bonchev–Trinajstić information content (AvgIpc) is 2.29. The van der Waals surface area contributed by atoms with Crippen LogP contribution in [0.5, 0.6) is 5.75 Å². The number of H-pyrrole nitrogens is 1. The number of hydrogen-bond acceptors (Lipinski definition) is 4. The minimum Gasteiger partial charge on any atom is -0.505 e. The number of fused-ring (bicyclic) bond motifs is 1. The predicted molar refractivity (Wildman–Crippen MR) is 56.6 cm³/mol. The van der Waals surface area contributed by atoms with Gasteiger partial charge in [-0.2, -0.15) is 0 Å². The first-order chi connectivity index (χ1) is 7.97. The molecule has 0 aliphatic carbocycles. The summed E-state index contributed by atoms with van der Waals surface area (Å²) >= 11 is 5.30. The van der Waals surface area contributed by atoms with E-state index >= 15 is 0 Å². The van der Waals surface area contributed by atoms with Crippen molar-refractivity contribution in [2.24, 2.45) is 5.18 Å². The highest BCUT2D eigenvalue weighted by molar-refractivity contribution is 6.31. The van der Waals surface area contributed by atoms with Gasteiger partial charge in [0, 0.05) is 5.39 Å². The Morgan fingerprint density at radius 1 is 1.41 bits per heavy atom. The lowest BCUT2D eigenvalue weighted by molar-refractivity contribution is 0.481. The Hall–Kier alpha value is -2.02. The summed E-state index contributed by atoms with van der Waals surface area (Å²) < 4.78 is 26.6. The number of hydrogen-bond donors (Lipinski definition) is 2. The van der Waals surface area contributed by atoms with Crippen LogP contribution in [0.15, 0.2) is 16.0 Å². The number of pyridine rings is 1. The normalized spacial score (nSPS) is 10.8. The topological polar surface area (TPSA) is 82.5 Å². The van der Waals surface area contributed by atoms with E-state index in [0.29, 0.717) is 6.07 Å². The van der Waals surface area contributed by atoms with Crippen molar-refractivity contribution in [3.63, 3.8) is 0 Å². The Labute approximate surface area is 96.6 Å². The van der Waals surface area contributed by atoms with E-state index in [-0.39, 0.29) is 0 Å². The molecule has 0 atom stereocenters. The van der Waals surface area contributed by atoms with E-state index in [9.17, 15) is 23.6 Å². The lowest BCUT2D eigenvalue weighted by atomic mass is 10.1. The Morgan fingerprint density at radius 3 is 2.65 bits per heavy atom. The third kappa shape index (κ3) is 1.55. The minimum atomic E-state index is -1.23. The molecule has 2 N–H and O–H groups in total. The van der Waals surface area contributed by atoms with Gasteiger partial charge in [0.1, 0.15) is 10.8 Å². The van der Waals surface area contributed by atoms with Crippen LogP contribution in [0.4, 0.5) is 14.5 Å². The number of nitrogens with zero attached hydrogens (tertiary/aromatic N) is 1. The van der Waals surface area contributed by atoms with Gasteiger partial charge in [0.15, 0.2) is 11.6 Å². The molecule has 0 fully saturated rings. The summed E-state index contributed by atoms with van der Waals surface area (Å²) in [6.45, 7) is 0. The summed E-state index contributed by atoms with van der Waals surface area (Å²) in [5.41, 5.74) is -2.43. The third-order valence-corrected chi connectivity index (χ3v) is 2.53. The number of aromatic nitrogens is 1. The van der Waals surface area contributed by atoms with E-state index in [4.69, 9.17) is 11.6 Å². The molecule has 2 rings (SSSR count). The summed E-state index contributed by atoms with van der Waals surface area (Å²) in [5, 5.41) is 10.5. The number of aromatic hydroxyl groups is 1. The van der Waals surface area contributed by atoms with Crippen molar-refractivity contribution in [3.8, 4) is 5.75 Å².